The van der Waals surface area contributed by atoms with E-state index in [0.29, 0.717) is 17.3 Å². The minimum Gasteiger partial charge on any atom is -0.481 e. The van der Waals surface area contributed by atoms with Gasteiger partial charge in [-0.25, -0.2) is 13.4 Å². The van der Waals surface area contributed by atoms with Gasteiger partial charge in [0.15, 0.2) is 5.03 Å². The van der Waals surface area contributed by atoms with Crippen LogP contribution < -0.4 is 0 Å². The molecule has 1 aliphatic heterocycles. The SMILES string of the molecule is CC1CCC(C(=O)O)CN1S(=O)(=O)c1ccc(Br)cn1. The lowest BCUT2D eigenvalue weighted by Crippen LogP contribution is -2.47. The molecule has 0 spiro atoms. The van der Waals surface area contributed by atoms with Crippen LogP contribution in [-0.2, 0) is 14.8 Å². The molecule has 1 fully saturated rings. The van der Waals surface area contributed by atoms with Crippen molar-refractivity contribution in [1.29, 1.82) is 0 Å². The zero-order chi connectivity index (χ0) is 14.9. The molecule has 6 nitrogen and oxygen atoms in total. The van der Waals surface area contributed by atoms with E-state index in [1.165, 1.54) is 16.6 Å². The number of rotatable bonds is 3. The molecule has 1 aromatic rings. The number of hydrogen-bond acceptors (Lipinski definition) is 4. The Hall–Kier alpha value is -0.990. The van der Waals surface area contributed by atoms with Gasteiger partial charge >= 0.3 is 5.97 Å². The normalized spacial score (nSPS) is 24.5. The predicted molar refractivity (Wildman–Crippen MR) is 75.7 cm³/mol. The van der Waals surface area contributed by atoms with Crippen LogP contribution in [0.4, 0.5) is 0 Å². The van der Waals surface area contributed by atoms with E-state index < -0.39 is 21.9 Å². The third kappa shape index (κ3) is 3.02. The standard InChI is InChI=1S/C12H15BrN2O4S/c1-8-2-3-9(12(16)17)7-15(8)20(18,19)11-5-4-10(13)6-14-11/h4-6,8-9H,2-3,7H2,1H3,(H,16,17). The zero-order valence-corrected chi connectivity index (χ0v) is 13.3. The molecule has 1 saturated heterocycles. The molecule has 2 rings (SSSR count). The first-order valence-corrected chi connectivity index (χ1v) is 8.42. The first kappa shape index (κ1) is 15.4. The minimum atomic E-state index is -3.76. The summed E-state index contributed by atoms with van der Waals surface area (Å²) >= 11 is 3.20. The smallest absolute Gasteiger partial charge is 0.307 e. The molecular weight excluding hydrogens is 348 g/mol. The highest BCUT2D eigenvalue weighted by Gasteiger charge is 2.37. The summed E-state index contributed by atoms with van der Waals surface area (Å²) in [7, 11) is -3.76. The Labute approximate surface area is 126 Å². The maximum absolute atomic E-state index is 12.5. The molecule has 0 bridgehead atoms. The molecule has 1 aliphatic rings. The fourth-order valence-corrected chi connectivity index (χ4v) is 4.10. The molecule has 2 atom stereocenters. The lowest BCUT2D eigenvalue weighted by molar-refractivity contribution is -0.143. The molecule has 0 radical (unpaired) electrons. The second kappa shape index (κ2) is 5.79. The highest BCUT2D eigenvalue weighted by atomic mass is 79.9. The molecule has 8 heteroatoms. The van der Waals surface area contributed by atoms with E-state index in [-0.39, 0.29) is 17.6 Å². The third-order valence-electron chi connectivity index (χ3n) is 3.45. The maximum Gasteiger partial charge on any atom is 0.307 e. The van der Waals surface area contributed by atoms with Crippen molar-refractivity contribution in [3.05, 3.63) is 22.8 Å². The van der Waals surface area contributed by atoms with Gasteiger partial charge in [0.2, 0.25) is 0 Å². The lowest BCUT2D eigenvalue weighted by atomic mass is 9.96. The van der Waals surface area contributed by atoms with Gasteiger partial charge in [-0.15, -0.1) is 0 Å². The number of aliphatic carboxylic acids is 1. The van der Waals surface area contributed by atoms with E-state index in [0.717, 1.165) is 0 Å². The van der Waals surface area contributed by atoms with Crippen molar-refractivity contribution in [3.63, 3.8) is 0 Å². The molecular formula is C12H15BrN2O4S. The van der Waals surface area contributed by atoms with Crippen LogP contribution >= 0.6 is 15.9 Å². The highest BCUT2D eigenvalue weighted by Crippen LogP contribution is 2.27. The molecule has 0 aromatic carbocycles. The Balaban J connectivity index is 2.31. The van der Waals surface area contributed by atoms with Crippen molar-refractivity contribution >= 4 is 31.9 Å². The van der Waals surface area contributed by atoms with Gasteiger partial charge < -0.3 is 5.11 Å². The van der Waals surface area contributed by atoms with Crippen LogP contribution in [0.25, 0.3) is 0 Å². The van der Waals surface area contributed by atoms with Crippen molar-refractivity contribution in [2.45, 2.75) is 30.8 Å². The summed E-state index contributed by atoms with van der Waals surface area (Å²) in [6.45, 7) is 1.78. The fraction of sp³-hybridized carbons (Fsp3) is 0.500. The first-order chi connectivity index (χ1) is 9.32. The Bertz CT molecular complexity index is 602. The number of piperidine rings is 1. The van der Waals surface area contributed by atoms with Crippen LogP contribution in [0, 0.1) is 5.92 Å². The van der Waals surface area contributed by atoms with Crippen LogP contribution in [0.3, 0.4) is 0 Å². The van der Waals surface area contributed by atoms with Gasteiger partial charge in [0.1, 0.15) is 0 Å². The quantitative estimate of drug-likeness (QED) is 0.884. The van der Waals surface area contributed by atoms with Gasteiger partial charge in [0.05, 0.1) is 5.92 Å². The van der Waals surface area contributed by atoms with Gasteiger partial charge in [-0.05, 0) is 47.8 Å². The topological polar surface area (TPSA) is 87.6 Å². The molecule has 20 heavy (non-hydrogen) atoms. The third-order valence-corrected chi connectivity index (χ3v) is 5.81. The number of sulfonamides is 1. The van der Waals surface area contributed by atoms with Crippen molar-refractivity contribution in [1.82, 2.24) is 9.29 Å². The van der Waals surface area contributed by atoms with Crippen molar-refractivity contribution in [2.75, 3.05) is 6.54 Å². The average Bonchev–Trinajstić information content (AvgIpc) is 2.39. The van der Waals surface area contributed by atoms with Crippen LogP contribution in [0.5, 0.6) is 0 Å². The van der Waals surface area contributed by atoms with Crippen LogP contribution in [-0.4, -0.2) is 41.4 Å². The monoisotopic (exact) mass is 362 g/mol. The van der Waals surface area contributed by atoms with Gasteiger partial charge in [0.25, 0.3) is 10.0 Å². The van der Waals surface area contributed by atoms with Crippen molar-refractivity contribution in [3.8, 4) is 0 Å². The number of halogens is 1. The second-order valence-corrected chi connectivity index (χ2v) is 7.60. The Morgan fingerprint density at radius 3 is 2.70 bits per heavy atom. The predicted octanol–water partition coefficient (Wildman–Crippen LogP) is 1.72. The van der Waals surface area contributed by atoms with Crippen LogP contribution in [0.1, 0.15) is 19.8 Å². The van der Waals surface area contributed by atoms with Crippen molar-refractivity contribution in [2.24, 2.45) is 5.92 Å². The summed E-state index contributed by atoms with van der Waals surface area (Å²) in [4.78, 5) is 15.0. The highest BCUT2D eigenvalue weighted by molar-refractivity contribution is 9.10. The fourth-order valence-electron chi connectivity index (χ4n) is 2.25. The van der Waals surface area contributed by atoms with Gasteiger partial charge in [-0.1, -0.05) is 0 Å². The van der Waals surface area contributed by atoms with Crippen LogP contribution in [0.15, 0.2) is 27.8 Å². The summed E-state index contributed by atoms with van der Waals surface area (Å²) in [5.41, 5.74) is 0. The molecule has 1 N–H and O–H groups in total. The minimum absolute atomic E-state index is 0.00340. The average molecular weight is 363 g/mol. The van der Waals surface area contributed by atoms with Crippen molar-refractivity contribution < 1.29 is 18.3 Å². The molecule has 110 valence electrons. The van der Waals surface area contributed by atoms with E-state index in [2.05, 4.69) is 20.9 Å². The summed E-state index contributed by atoms with van der Waals surface area (Å²) in [6.07, 6.45) is 2.44. The van der Waals surface area contributed by atoms with E-state index >= 15 is 0 Å². The van der Waals surface area contributed by atoms with E-state index in [9.17, 15) is 13.2 Å². The van der Waals surface area contributed by atoms with Gasteiger partial charge in [-0.2, -0.15) is 4.31 Å². The summed E-state index contributed by atoms with van der Waals surface area (Å²) in [6, 6.07) is 2.79. The number of carbonyl (C=O) groups is 1. The molecule has 2 unspecified atom stereocenters. The first-order valence-electron chi connectivity index (χ1n) is 6.18. The van der Waals surface area contributed by atoms with E-state index in [4.69, 9.17) is 5.11 Å². The number of aromatic nitrogens is 1. The Kier molecular flexibility index (Phi) is 4.46. The second-order valence-electron chi connectivity index (χ2n) is 4.85. The van der Waals surface area contributed by atoms with Gasteiger partial charge in [0, 0.05) is 23.3 Å². The van der Waals surface area contributed by atoms with E-state index in [1.54, 1.807) is 13.0 Å². The number of hydrogen-bond donors (Lipinski definition) is 1. The number of pyridine rings is 1. The largest absolute Gasteiger partial charge is 0.481 e. The van der Waals surface area contributed by atoms with Crippen LogP contribution in [0.2, 0.25) is 0 Å². The molecule has 1 aromatic heterocycles. The Morgan fingerprint density at radius 2 is 2.15 bits per heavy atom. The summed E-state index contributed by atoms with van der Waals surface area (Å²) in [5.74, 6) is -1.61. The number of nitrogens with zero attached hydrogens (tertiary/aromatic N) is 2. The zero-order valence-electron chi connectivity index (χ0n) is 10.9. The number of carboxylic acids is 1. The molecule has 0 amide bonds. The molecule has 2 heterocycles. The Morgan fingerprint density at radius 1 is 1.45 bits per heavy atom. The summed E-state index contributed by atoms with van der Waals surface area (Å²) < 4.78 is 27.0. The lowest BCUT2D eigenvalue weighted by Gasteiger charge is -2.34. The van der Waals surface area contributed by atoms with Gasteiger partial charge in [-0.3, -0.25) is 4.79 Å². The molecule has 0 saturated carbocycles. The summed E-state index contributed by atoms with van der Waals surface area (Å²) in [5, 5.41) is 9.01. The number of carboxylic acid groups (broad SMARTS) is 1. The van der Waals surface area contributed by atoms with E-state index in [1.807, 2.05) is 0 Å². The molecule has 0 aliphatic carbocycles. The maximum atomic E-state index is 12.5.